The maximum absolute atomic E-state index is 12.3. The lowest BCUT2D eigenvalue weighted by Crippen LogP contribution is -1.97. The van der Waals surface area contributed by atoms with E-state index in [1.165, 1.54) is 18.2 Å². The van der Waals surface area contributed by atoms with E-state index in [-0.39, 0.29) is 11.5 Å². The van der Waals surface area contributed by atoms with Crippen LogP contribution in [0.3, 0.4) is 0 Å². The van der Waals surface area contributed by atoms with Gasteiger partial charge < -0.3 is 5.11 Å². The number of benzene rings is 2. The van der Waals surface area contributed by atoms with Crippen LogP contribution >= 0.6 is 0 Å². The third kappa shape index (κ3) is 4.05. The van der Waals surface area contributed by atoms with E-state index in [9.17, 15) is 9.90 Å². The standard InChI is InChI=1S/C21H17N3O2/c22-13-4-14-24-15-18(21(23-24)17-5-2-1-3-6-17)9-12-20(26)16-7-10-19(25)11-8-16/h1-3,5-12,15,25H,4,14H2/b12-9+. The molecule has 5 nitrogen and oxygen atoms in total. The lowest BCUT2D eigenvalue weighted by atomic mass is 10.1. The van der Waals surface area contributed by atoms with Gasteiger partial charge in [0, 0.05) is 22.9 Å². The van der Waals surface area contributed by atoms with Crippen molar-refractivity contribution in [3.8, 4) is 23.1 Å². The van der Waals surface area contributed by atoms with Crippen molar-refractivity contribution >= 4 is 11.9 Å². The molecule has 128 valence electrons. The zero-order valence-corrected chi connectivity index (χ0v) is 14.0. The highest BCUT2D eigenvalue weighted by molar-refractivity contribution is 6.07. The van der Waals surface area contributed by atoms with Gasteiger partial charge in [0.25, 0.3) is 0 Å². The van der Waals surface area contributed by atoms with E-state index in [2.05, 4.69) is 11.2 Å². The summed E-state index contributed by atoms with van der Waals surface area (Å²) in [7, 11) is 0. The summed E-state index contributed by atoms with van der Waals surface area (Å²) in [5.74, 6) is -0.0375. The molecule has 1 N–H and O–H groups in total. The predicted octanol–water partition coefficient (Wildman–Crippen LogP) is 4.07. The molecule has 0 unspecified atom stereocenters. The van der Waals surface area contributed by atoms with Crippen molar-refractivity contribution in [1.82, 2.24) is 9.78 Å². The second-order valence-electron chi connectivity index (χ2n) is 5.71. The molecule has 0 aliphatic rings. The van der Waals surface area contributed by atoms with Crippen molar-refractivity contribution in [3.63, 3.8) is 0 Å². The van der Waals surface area contributed by atoms with Crippen molar-refractivity contribution in [1.29, 1.82) is 5.26 Å². The summed E-state index contributed by atoms with van der Waals surface area (Å²) in [6.07, 6.45) is 5.42. The summed E-state index contributed by atoms with van der Waals surface area (Å²) in [4.78, 5) is 12.3. The molecule has 0 atom stereocenters. The second kappa shape index (κ2) is 7.95. The Hall–Kier alpha value is -3.65. The Kier molecular flexibility index (Phi) is 5.25. The average molecular weight is 343 g/mol. The Morgan fingerprint density at radius 3 is 2.58 bits per heavy atom. The fraction of sp³-hybridized carbons (Fsp3) is 0.0952. The first kappa shape index (κ1) is 17.2. The van der Waals surface area contributed by atoms with Crippen LogP contribution in [-0.4, -0.2) is 20.7 Å². The van der Waals surface area contributed by atoms with Crippen LogP contribution in [0.15, 0.2) is 66.9 Å². The number of rotatable bonds is 6. The van der Waals surface area contributed by atoms with E-state index in [1.807, 2.05) is 36.5 Å². The van der Waals surface area contributed by atoms with Crippen LogP contribution in [0.4, 0.5) is 0 Å². The number of aryl methyl sites for hydroxylation is 1. The molecule has 1 heterocycles. The maximum atomic E-state index is 12.3. The van der Waals surface area contributed by atoms with Crippen molar-refractivity contribution < 1.29 is 9.90 Å². The van der Waals surface area contributed by atoms with Crippen LogP contribution in [-0.2, 0) is 6.54 Å². The largest absolute Gasteiger partial charge is 0.508 e. The van der Waals surface area contributed by atoms with Crippen LogP contribution in [0.1, 0.15) is 22.3 Å². The molecule has 3 rings (SSSR count). The molecule has 5 heteroatoms. The van der Waals surface area contributed by atoms with Crippen molar-refractivity contribution in [2.75, 3.05) is 0 Å². The molecule has 3 aromatic rings. The molecule has 0 amide bonds. The Morgan fingerprint density at radius 2 is 1.88 bits per heavy atom. The van der Waals surface area contributed by atoms with Gasteiger partial charge in [0.2, 0.25) is 0 Å². The Labute approximate surface area is 151 Å². The third-order valence-electron chi connectivity index (χ3n) is 3.86. The number of aromatic nitrogens is 2. The van der Waals surface area contributed by atoms with Crippen LogP contribution in [0.2, 0.25) is 0 Å². The van der Waals surface area contributed by atoms with Crippen molar-refractivity contribution in [2.24, 2.45) is 0 Å². The highest BCUT2D eigenvalue weighted by Gasteiger charge is 2.10. The lowest BCUT2D eigenvalue weighted by molar-refractivity contribution is 0.104. The highest BCUT2D eigenvalue weighted by Crippen LogP contribution is 2.23. The fourth-order valence-corrected chi connectivity index (χ4v) is 2.55. The molecule has 0 fully saturated rings. The van der Waals surface area contributed by atoms with Gasteiger partial charge in [0.1, 0.15) is 5.75 Å². The molecule has 0 aliphatic carbocycles. The number of nitriles is 1. The smallest absolute Gasteiger partial charge is 0.185 e. The number of phenolic OH excluding ortho intramolecular Hbond substituents is 1. The third-order valence-corrected chi connectivity index (χ3v) is 3.86. The first-order chi connectivity index (χ1) is 12.7. The SMILES string of the molecule is N#CCCn1cc(/C=C/C(=O)c2ccc(O)cc2)c(-c2ccccc2)n1. The van der Waals surface area contributed by atoms with Gasteiger partial charge in [0.15, 0.2) is 5.78 Å². The van der Waals surface area contributed by atoms with E-state index < -0.39 is 0 Å². The van der Waals surface area contributed by atoms with Gasteiger partial charge in [-0.15, -0.1) is 0 Å². The van der Waals surface area contributed by atoms with E-state index in [0.717, 1.165) is 16.8 Å². The van der Waals surface area contributed by atoms with Gasteiger partial charge in [-0.1, -0.05) is 30.3 Å². The van der Waals surface area contributed by atoms with Gasteiger partial charge in [-0.05, 0) is 36.4 Å². The Balaban J connectivity index is 1.90. The topological polar surface area (TPSA) is 78.9 Å². The number of aromatic hydroxyl groups is 1. The summed E-state index contributed by atoms with van der Waals surface area (Å²) < 4.78 is 1.72. The predicted molar refractivity (Wildman–Crippen MR) is 99.4 cm³/mol. The van der Waals surface area contributed by atoms with Crippen LogP contribution < -0.4 is 0 Å². The molecule has 2 aromatic carbocycles. The van der Waals surface area contributed by atoms with Gasteiger partial charge in [-0.2, -0.15) is 10.4 Å². The van der Waals surface area contributed by atoms with E-state index >= 15 is 0 Å². The van der Waals surface area contributed by atoms with Crippen molar-refractivity contribution in [3.05, 3.63) is 78.0 Å². The molecule has 0 bridgehead atoms. The number of allylic oxidation sites excluding steroid dienone is 1. The van der Waals surface area contributed by atoms with Crippen molar-refractivity contribution in [2.45, 2.75) is 13.0 Å². The Bertz CT molecular complexity index is 965. The number of hydrogen-bond acceptors (Lipinski definition) is 4. The van der Waals surface area contributed by atoms with E-state index in [4.69, 9.17) is 5.26 Å². The zero-order valence-electron chi connectivity index (χ0n) is 14.0. The monoisotopic (exact) mass is 343 g/mol. The summed E-state index contributed by atoms with van der Waals surface area (Å²) in [6.45, 7) is 0.496. The summed E-state index contributed by atoms with van der Waals surface area (Å²) in [5.41, 5.74) is 3.01. The highest BCUT2D eigenvalue weighted by atomic mass is 16.3. The molecule has 0 spiro atoms. The molecule has 0 aliphatic heterocycles. The van der Waals surface area contributed by atoms with E-state index in [1.54, 1.807) is 22.9 Å². The summed E-state index contributed by atoms with van der Waals surface area (Å²) in [6, 6.07) is 17.9. The first-order valence-corrected chi connectivity index (χ1v) is 8.18. The van der Waals surface area contributed by atoms with Crippen LogP contribution in [0.25, 0.3) is 17.3 Å². The number of ketones is 1. The molecule has 26 heavy (non-hydrogen) atoms. The number of carbonyl (C=O) groups excluding carboxylic acids is 1. The zero-order chi connectivity index (χ0) is 18.4. The molecule has 0 radical (unpaired) electrons. The van der Waals surface area contributed by atoms with Gasteiger partial charge in [-0.3, -0.25) is 9.48 Å². The van der Waals surface area contributed by atoms with E-state index in [0.29, 0.717) is 18.5 Å². The molecular weight excluding hydrogens is 326 g/mol. The number of carbonyl (C=O) groups is 1. The molecule has 1 aromatic heterocycles. The van der Waals surface area contributed by atoms with Crippen LogP contribution in [0, 0.1) is 11.3 Å². The summed E-state index contributed by atoms with van der Waals surface area (Å²) >= 11 is 0. The number of nitrogens with zero attached hydrogens (tertiary/aromatic N) is 3. The van der Waals surface area contributed by atoms with Gasteiger partial charge in [-0.25, -0.2) is 0 Å². The molecule has 0 saturated heterocycles. The number of hydrogen-bond donors (Lipinski definition) is 1. The summed E-state index contributed by atoms with van der Waals surface area (Å²) in [5, 5.41) is 22.6. The second-order valence-corrected chi connectivity index (χ2v) is 5.71. The van der Waals surface area contributed by atoms with Gasteiger partial charge in [0.05, 0.1) is 24.7 Å². The first-order valence-electron chi connectivity index (χ1n) is 8.18. The maximum Gasteiger partial charge on any atom is 0.185 e. The lowest BCUT2D eigenvalue weighted by Gasteiger charge is -1.99. The average Bonchev–Trinajstić information content (AvgIpc) is 3.09. The quantitative estimate of drug-likeness (QED) is 0.540. The molecule has 0 saturated carbocycles. The minimum absolute atomic E-state index is 0.121. The minimum atomic E-state index is -0.159. The fourth-order valence-electron chi connectivity index (χ4n) is 2.55. The number of phenols is 1. The molecular formula is C21H17N3O2. The normalized spacial score (nSPS) is 10.7. The Morgan fingerprint density at radius 1 is 1.15 bits per heavy atom. The van der Waals surface area contributed by atoms with Gasteiger partial charge >= 0.3 is 0 Å². The van der Waals surface area contributed by atoms with Crippen LogP contribution in [0.5, 0.6) is 5.75 Å². The minimum Gasteiger partial charge on any atom is -0.508 e.